The Kier molecular flexibility index (Phi) is 11.3. The SMILES string of the molecule is Cc1cccc(OCCCCNCCS)c1C.O=S(=O)(O)O. The normalized spacial score (nSPS) is 10.8. The Morgan fingerprint density at radius 1 is 1.18 bits per heavy atom. The van der Waals surface area contributed by atoms with Gasteiger partial charge in [-0.1, -0.05) is 12.1 Å². The lowest BCUT2D eigenvalue weighted by atomic mass is 10.1. The van der Waals surface area contributed by atoms with E-state index in [1.54, 1.807) is 0 Å². The van der Waals surface area contributed by atoms with E-state index in [0.717, 1.165) is 44.0 Å². The van der Waals surface area contributed by atoms with Crippen LogP contribution >= 0.6 is 12.6 Å². The molecule has 0 aliphatic rings. The molecule has 0 spiro atoms. The van der Waals surface area contributed by atoms with Crippen molar-refractivity contribution in [2.24, 2.45) is 0 Å². The first-order valence-electron chi connectivity index (χ1n) is 6.96. The molecule has 0 aliphatic heterocycles. The molecule has 6 nitrogen and oxygen atoms in total. The highest BCUT2D eigenvalue weighted by Gasteiger charge is 2.00. The molecule has 1 aromatic carbocycles. The molecule has 0 saturated carbocycles. The van der Waals surface area contributed by atoms with Gasteiger partial charge in [-0.25, -0.2) is 0 Å². The molecule has 0 amide bonds. The van der Waals surface area contributed by atoms with E-state index in [-0.39, 0.29) is 0 Å². The zero-order valence-electron chi connectivity index (χ0n) is 12.9. The lowest BCUT2D eigenvalue weighted by Crippen LogP contribution is -2.18. The number of ether oxygens (including phenoxy) is 1. The van der Waals surface area contributed by atoms with E-state index in [2.05, 4.69) is 37.9 Å². The standard InChI is InChI=1S/C14H23NOS.H2O4S/c1-12-6-5-7-14(13(12)2)16-10-4-3-8-15-9-11-17;1-5(2,3)4/h5-7,15,17H,3-4,8-11H2,1-2H3;(H2,1,2,3,4). The van der Waals surface area contributed by atoms with Crippen LogP contribution in [0.4, 0.5) is 0 Å². The van der Waals surface area contributed by atoms with E-state index in [1.807, 2.05) is 12.1 Å². The van der Waals surface area contributed by atoms with Gasteiger partial charge in [-0.15, -0.1) is 0 Å². The molecule has 1 rings (SSSR count). The third kappa shape index (κ3) is 12.9. The Morgan fingerprint density at radius 2 is 1.82 bits per heavy atom. The Hall–Kier alpha value is -0.800. The topological polar surface area (TPSA) is 95.9 Å². The van der Waals surface area contributed by atoms with Crippen molar-refractivity contribution < 1.29 is 22.3 Å². The quantitative estimate of drug-likeness (QED) is 0.326. The first-order valence-corrected chi connectivity index (χ1v) is 8.99. The van der Waals surface area contributed by atoms with Crippen LogP contribution < -0.4 is 10.1 Å². The molecule has 0 radical (unpaired) electrons. The number of thiol groups is 1. The molecule has 128 valence electrons. The number of unbranched alkanes of at least 4 members (excludes halogenated alkanes) is 1. The second-order valence-electron chi connectivity index (χ2n) is 4.68. The molecule has 1 aromatic rings. The van der Waals surface area contributed by atoms with Gasteiger partial charge in [0, 0.05) is 12.3 Å². The van der Waals surface area contributed by atoms with Crippen LogP contribution in [0.25, 0.3) is 0 Å². The lowest BCUT2D eigenvalue weighted by Gasteiger charge is -2.10. The summed E-state index contributed by atoms with van der Waals surface area (Å²) in [5, 5.41) is 3.32. The first kappa shape index (κ1) is 21.2. The summed E-state index contributed by atoms with van der Waals surface area (Å²) in [5.74, 6) is 1.92. The fraction of sp³-hybridized carbons (Fsp3) is 0.571. The number of hydrogen-bond acceptors (Lipinski definition) is 5. The average molecular weight is 351 g/mol. The summed E-state index contributed by atoms with van der Waals surface area (Å²) in [6.07, 6.45) is 2.24. The molecule has 3 N–H and O–H groups in total. The molecule has 0 aromatic heterocycles. The van der Waals surface area contributed by atoms with Crippen molar-refractivity contribution in [1.29, 1.82) is 0 Å². The number of nitrogens with one attached hydrogen (secondary N) is 1. The molecule has 0 fully saturated rings. The third-order valence-electron chi connectivity index (χ3n) is 2.85. The zero-order valence-corrected chi connectivity index (χ0v) is 14.7. The van der Waals surface area contributed by atoms with E-state index in [9.17, 15) is 0 Å². The number of rotatable bonds is 8. The first-order chi connectivity index (χ1) is 10.3. The minimum atomic E-state index is -4.67. The van der Waals surface area contributed by atoms with Gasteiger partial charge >= 0.3 is 10.4 Å². The van der Waals surface area contributed by atoms with Gasteiger partial charge in [0.15, 0.2) is 0 Å². The predicted octanol–water partition coefficient (Wildman–Crippen LogP) is 2.33. The van der Waals surface area contributed by atoms with E-state index >= 15 is 0 Å². The number of aryl methyl sites for hydroxylation is 1. The highest BCUT2D eigenvalue weighted by molar-refractivity contribution is 7.80. The van der Waals surface area contributed by atoms with Crippen molar-refractivity contribution in [1.82, 2.24) is 5.32 Å². The number of benzene rings is 1. The van der Waals surface area contributed by atoms with Crippen molar-refractivity contribution in [3.05, 3.63) is 29.3 Å². The largest absolute Gasteiger partial charge is 0.493 e. The van der Waals surface area contributed by atoms with Crippen molar-refractivity contribution >= 4 is 23.0 Å². The molecule has 22 heavy (non-hydrogen) atoms. The highest BCUT2D eigenvalue weighted by Crippen LogP contribution is 2.20. The minimum absolute atomic E-state index is 0.798. The summed E-state index contributed by atoms with van der Waals surface area (Å²) >= 11 is 4.15. The Labute approximate surface area is 138 Å². The second-order valence-corrected chi connectivity index (χ2v) is 6.02. The van der Waals surface area contributed by atoms with E-state index < -0.39 is 10.4 Å². The summed E-state index contributed by atoms with van der Waals surface area (Å²) < 4.78 is 37.4. The lowest BCUT2D eigenvalue weighted by molar-refractivity contribution is 0.304. The van der Waals surface area contributed by atoms with Crippen molar-refractivity contribution in [3.8, 4) is 5.75 Å². The monoisotopic (exact) mass is 351 g/mol. The van der Waals surface area contributed by atoms with Gasteiger partial charge in [0.1, 0.15) is 5.75 Å². The average Bonchev–Trinajstić information content (AvgIpc) is 2.40. The summed E-state index contributed by atoms with van der Waals surface area (Å²) in [4.78, 5) is 0. The molecule has 0 unspecified atom stereocenters. The third-order valence-corrected chi connectivity index (χ3v) is 3.07. The van der Waals surface area contributed by atoms with Gasteiger partial charge in [0.2, 0.25) is 0 Å². The van der Waals surface area contributed by atoms with Crippen LogP contribution in [-0.4, -0.2) is 43.0 Å². The van der Waals surface area contributed by atoms with Crippen molar-refractivity contribution in [2.45, 2.75) is 26.7 Å². The maximum absolute atomic E-state index is 8.74. The van der Waals surface area contributed by atoms with Gasteiger partial charge in [-0.2, -0.15) is 21.0 Å². The summed E-state index contributed by atoms with van der Waals surface area (Å²) in [6, 6.07) is 6.21. The Balaban J connectivity index is 0.000000763. The van der Waals surface area contributed by atoms with Crippen molar-refractivity contribution in [2.75, 3.05) is 25.4 Å². The van der Waals surface area contributed by atoms with Gasteiger partial charge in [0.05, 0.1) is 6.61 Å². The summed E-state index contributed by atoms with van der Waals surface area (Å²) in [6.45, 7) is 7.06. The van der Waals surface area contributed by atoms with Crippen molar-refractivity contribution in [3.63, 3.8) is 0 Å². The molecular weight excluding hydrogens is 326 g/mol. The van der Waals surface area contributed by atoms with Crippen LogP contribution in [0.15, 0.2) is 18.2 Å². The van der Waals surface area contributed by atoms with Crippen LogP contribution in [0.1, 0.15) is 24.0 Å². The maximum atomic E-state index is 8.74. The van der Waals surface area contributed by atoms with Crippen LogP contribution in [0.2, 0.25) is 0 Å². The van der Waals surface area contributed by atoms with Gasteiger partial charge in [-0.3, -0.25) is 9.11 Å². The molecule has 0 bridgehead atoms. The van der Waals surface area contributed by atoms with Gasteiger partial charge in [0.25, 0.3) is 0 Å². The second kappa shape index (κ2) is 11.7. The molecule has 0 atom stereocenters. The zero-order chi connectivity index (χ0) is 17.0. The molecule has 0 aliphatic carbocycles. The van der Waals surface area contributed by atoms with Gasteiger partial charge in [-0.05, 0) is 50.4 Å². The molecule has 0 saturated heterocycles. The Bertz CT molecular complexity index is 512. The molecule has 8 heteroatoms. The van der Waals surface area contributed by atoms with Crippen LogP contribution in [0.5, 0.6) is 5.75 Å². The summed E-state index contributed by atoms with van der Waals surface area (Å²) in [7, 11) is -4.67. The Morgan fingerprint density at radius 3 is 2.41 bits per heavy atom. The van der Waals surface area contributed by atoms with Crippen LogP contribution in [-0.2, 0) is 10.4 Å². The van der Waals surface area contributed by atoms with Crippen LogP contribution in [0.3, 0.4) is 0 Å². The van der Waals surface area contributed by atoms with E-state index in [4.69, 9.17) is 22.3 Å². The highest BCUT2D eigenvalue weighted by atomic mass is 32.3. The molecular formula is C14H25NO5S2. The van der Waals surface area contributed by atoms with Crippen LogP contribution in [0, 0.1) is 13.8 Å². The fourth-order valence-corrected chi connectivity index (χ4v) is 1.78. The van der Waals surface area contributed by atoms with E-state index in [1.165, 1.54) is 11.1 Å². The predicted molar refractivity (Wildman–Crippen MR) is 91.5 cm³/mol. The smallest absolute Gasteiger partial charge is 0.394 e. The number of hydrogen-bond donors (Lipinski definition) is 4. The fourth-order valence-electron chi connectivity index (χ4n) is 1.62. The van der Waals surface area contributed by atoms with E-state index in [0.29, 0.717) is 0 Å². The van der Waals surface area contributed by atoms with Gasteiger partial charge < -0.3 is 10.1 Å². The molecule has 0 heterocycles. The minimum Gasteiger partial charge on any atom is -0.493 e. The summed E-state index contributed by atoms with van der Waals surface area (Å²) in [5.41, 5.74) is 2.54. The maximum Gasteiger partial charge on any atom is 0.394 e.